The van der Waals surface area contributed by atoms with Crippen molar-refractivity contribution in [3.63, 3.8) is 0 Å². The molecule has 418 valence electrons. The van der Waals surface area contributed by atoms with Gasteiger partial charge in [0.25, 0.3) is 0 Å². The maximum atomic E-state index is 12.9. The lowest BCUT2D eigenvalue weighted by Crippen LogP contribution is -2.30. The van der Waals surface area contributed by atoms with Crippen LogP contribution in [0, 0.1) is 0 Å². The Morgan fingerprint density at radius 3 is 0.889 bits per heavy atom. The topological polar surface area (TPSA) is 78.9 Å². The lowest BCUT2D eigenvalue weighted by Gasteiger charge is -2.18. The minimum absolute atomic E-state index is 0.0861. The maximum Gasteiger partial charge on any atom is 0.306 e. The second-order valence-corrected chi connectivity index (χ2v) is 20.9. The van der Waals surface area contributed by atoms with E-state index in [9.17, 15) is 14.4 Å². The Labute approximate surface area is 447 Å². The minimum Gasteiger partial charge on any atom is -0.462 e. The van der Waals surface area contributed by atoms with Crippen LogP contribution in [0.3, 0.4) is 0 Å². The van der Waals surface area contributed by atoms with Crippen LogP contribution in [0.15, 0.2) is 60.8 Å². The van der Waals surface area contributed by atoms with Crippen molar-refractivity contribution in [1.29, 1.82) is 0 Å². The molecule has 0 N–H and O–H groups in total. The molecule has 0 bridgehead atoms. The summed E-state index contributed by atoms with van der Waals surface area (Å²) in [5.41, 5.74) is 0. The molecule has 0 aromatic heterocycles. The van der Waals surface area contributed by atoms with Crippen molar-refractivity contribution in [2.24, 2.45) is 0 Å². The van der Waals surface area contributed by atoms with E-state index >= 15 is 0 Å². The van der Waals surface area contributed by atoms with E-state index in [4.69, 9.17) is 14.2 Å². The molecule has 1 unspecified atom stereocenters. The zero-order chi connectivity index (χ0) is 52.2. The van der Waals surface area contributed by atoms with Crippen LogP contribution in [0.2, 0.25) is 0 Å². The largest absolute Gasteiger partial charge is 0.462 e. The van der Waals surface area contributed by atoms with Crippen LogP contribution in [0.4, 0.5) is 0 Å². The second kappa shape index (κ2) is 60.7. The number of esters is 3. The van der Waals surface area contributed by atoms with Crippen LogP contribution in [0.5, 0.6) is 0 Å². The van der Waals surface area contributed by atoms with Gasteiger partial charge in [0.05, 0.1) is 0 Å². The first-order valence-electron chi connectivity index (χ1n) is 31.3. The fourth-order valence-corrected chi connectivity index (χ4v) is 9.08. The highest BCUT2D eigenvalue weighted by Gasteiger charge is 2.19. The van der Waals surface area contributed by atoms with Crippen molar-refractivity contribution in [2.75, 3.05) is 13.2 Å². The molecule has 0 amide bonds. The summed E-state index contributed by atoms with van der Waals surface area (Å²) in [7, 11) is 0. The molecule has 0 aliphatic heterocycles. The monoisotopic (exact) mass is 1010 g/mol. The molecule has 0 spiro atoms. The molecule has 0 saturated heterocycles. The summed E-state index contributed by atoms with van der Waals surface area (Å²) in [6.07, 6.45) is 76.6. The quantitative estimate of drug-likeness (QED) is 0.0261. The smallest absolute Gasteiger partial charge is 0.306 e. The Hall–Kier alpha value is -2.89. The number of allylic oxidation sites excluding steroid dienone is 10. The first-order chi connectivity index (χ1) is 35.5. The summed E-state index contributed by atoms with van der Waals surface area (Å²) >= 11 is 0. The standard InChI is InChI=1S/C66H118O6/c1-4-7-10-13-16-19-22-25-28-30-32-33-34-36-38-41-44-47-50-53-56-59-65(68)71-62-63(61-70-64(67)58-55-52-49-46-43-40-37-27-24-21-18-15-12-9-6-3)72-66(69)60-57-54-51-48-45-42-39-35-31-29-26-23-20-17-14-11-8-5-2/h9,12,18,21,27,29,31,37,43,46,63H,4-8,10-11,13-17,19-20,22-26,28,30,32-36,38-42,44-45,47-62H2,1-3H3/b12-9-,21-18-,31-29-,37-27-,46-43-. The van der Waals surface area contributed by atoms with Crippen LogP contribution < -0.4 is 0 Å². The van der Waals surface area contributed by atoms with Gasteiger partial charge in [-0.2, -0.15) is 0 Å². The first-order valence-corrected chi connectivity index (χ1v) is 31.3. The van der Waals surface area contributed by atoms with Crippen molar-refractivity contribution in [2.45, 2.75) is 329 Å². The van der Waals surface area contributed by atoms with Crippen molar-refractivity contribution >= 4 is 17.9 Å². The van der Waals surface area contributed by atoms with Crippen LogP contribution >= 0.6 is 0 Å². The average Bonchev–Trinajstić information content (AvgIpc) is 3.38. The van der Waals surface area contributed by atoms with Crippen molar-refractivity contribution in [1.82, 2.24) is 0 Å². The third kappa shape index (κ3) is 58.0. The molecule has 0 fully saturated rings. The summed E-state index contributed by atoms with van der Waals surface area (Å²) in [4.78, 5) is 38.3. The predicted molar refractivity (Wildman–Crippen MR) is 312 cm³/mol. The molecule has 0 aliphatic carbocycles. The van der Waals surface area contributed by atoms with Gasteiger partial charge in [-0.15, -0.1) is 0 Å². The molecule has 0 radical (unpaired) electrons. The summed E-state index contributed by atoms with van der Waals surface area (Å²) in [5.74, 6) is -0.917. The molecule has 0 rings (SSSR count). The number of hydrogen-bond donors (Lipinski definition) is 0. The van der Waals surface area contributed by atoms with Gasteiger partial charge in [0.15, 0.2) is 6.10 Å². The molecule has 0 saturated carbocycles. The molecule has 0 aromatic carbocycles. The van der Waals surface area contributed by atoms with Gasteiger partial charge in [-0.25, -0.2) is 0 Å². The fourth-order valence-electron chi connectivity index (χ4n) is 9.08. The number of carbonyl (C=O) groups excluding carboxylic acids is 3. The van der Waals surface area contributed by atoms with E-state index < -0.39 is 6.10 Å². The SMILES string of the molecule is CC/C=C\C/C=C\C/C=C\C/C=C\CCCCC(=O)OCC(COC(=O)CCCCCCCCCCCCCCCCCCCCCCC)OC(=O)CCCCCCCCC/C=C\CCCCCCCCC. The highest BCUT2D eigenvalue weighted by Crippen LogP contribution is 2.17. The van der Waals surface area contributed by atoms with E-state index in [1.165, 1.54) is 199 Å². The zero-order valence-corrected chi connectivity index (χ0v) is 47.9. The number of rotatable bonds is 57. The minimum atomic E-state index is -0.793. The molecular weight excluding hydrogens is 889 g/mol. The lowest BCUT2D eigenvalue weighted by atomic mass is 10.0. The van der Waals surface area contributed by atoms with Crippen molar-refractivity contribution < 1.29 is 28.6 Å². The van der Waals surface area contributed by atoms with E-state index in [-0.39, 0.29) is 31.1 Å². The van der Waals surface area contributed by atoms with Gasteiger partial charge < -0.3 is 14.2 Å². The number of carbonyl (C=O) groups is 3. The van der Waals surface area contributed by atoms with Gasteiger partial charge in [-0.1, -0.05) is 281 Å². The van der Waals surface area contributed by atoms with Crippen molar-refractivity contribution in [3.8, 4) is 0 Å². The third-order valence-electron chi connectivity index (χ3n) is 13.8. The normalized spacial score (nSPS) is 12.4. The molecule has 0 heterocycles. The Balaban J connectivity index is 4.36. The van der Waals surface area contributed by atoms with Gasteiger partial charge in [0.2, 0.25) is 0 Å². The van der Waals surface area contributed by atoms with Crippen LogP contribution in [0.1, 0.15) is 323 Å². The molecular formula is C66H118O6. The van der Waals surface area contributed by atoms with Gasteiger partial charge in [-0.3, -0.25) is 14.4 Å². The Kier molecular flexibility index (Phi) is 58.2. The Bertz CT molecular complexity index is 1290. The van der Waals surface area contributed by atoms with E-state index in [1.54, 1.807) is 0 Å². The third-order valence-corrected chi connectivity index (χ3v) is 13.8. The van der Waals surface area contributed by atoms with E-state index in [0.717, 1.165) is 83.5 Å². The molecule has 1 atom stereocenters. The zero-order valence-electron chi connectivity index (χ0n) is 47.9. The second-order valence-electron chi connectivity index (χ2n) is 20.9. The molecule has 6 heteroatoms. The van der Waals surface area contributed by atoms with E-state index in [1.807, 2.05) is 0 Å². The highest BCUT2D eigenvalue weighted by molar-refractivity contribution is 5.71. The summed E-state index contributed by atoms with van der Waals surface area (Å²) in [6.45, 7) is 6.53. The van der Waals surface area contributed by atoms with Crippen LogP contribution in [-0.2, 0) is 28.6 Å². The fraction of sp³-hybridized carbons (Fsp3) is 0.803. The van der Waals surface area contributed by atoms with Crippen LogP contribution in [-0.4, -0.2) is 37.2 Å². The Morgan fingerprint density at radius 1 is 0.292 bits per heavy atom. The molecule has 6 nitrogen and oxygen atoms in total. The van der Waals surface area contributed by atoms with Gasteiger partial charge in [-0.05, 0) is 83.5 Å². The number of hydrogen-bond acceptors (Lipinski definition) is 6. The van der Waals surface area contributed by atoms with Gasteiger partial charge in [0.1, 0.15) is 13.2 Å². The molecule has 0 aromatic rings. The summed E-state index contributed by atoms with van der Waals surface area (Å²) < 4.78 is 16.9. The maximum absolute atomic E-state index is 12.9. The highest BCUT2D eigenvalue weighted by atomic mass is 16.6. The van der Waals surface area contributed by atoms with E-state index in [0.29, 0.717) is 19.3 Å². The van der Waals surface area contributed by atoms with E-state index in [2.05, 4.69) is 81.5 Å². The number of unbranched alkanes of at least 4 members (excludes halogenated alkanes) is 36. The first kappa shape index (κ1) is 69.1. The summed E-state index contributed by atoms with van der Waals surface area (Å²) in [6, 6.07) is 0. The molecule has 0 aliphatic rings. The average molecular weight is 1010 g/mol. The lowest BCUT2D eigenvalue weighted by molar-refractivity contribution is -0.167. The molecule has 72 heavy (non-hydrogen) atoms. The van der Waals surface area contributed by atoms with Crippen LogP contribution in [0.25, 0.3) is 0 Å². The van der Waals surface area contributed by atoms with Crippen molar-refractivity contribution in [3.05, 3.63) is 60.8 Å². The predicted octanol–water partition coefficient (Wildman–Crippen LogP) is 21.2. The van der Waals surface area contributed by atoms with Gasteiger partial charge in [0, 0.05) is 19.3 Å². The van der Waals surface area contributed by atoms with Gasteiger partial charge >= 0.3 is 17.9 Å². The Morgan fingerprint density at radius 2 is 0.542 bits per heavy atom. The number of ether oxygens (including phenoxy) is 3. The summed E-state index contributed by atoms with van der Waals surface area (Å²) in [5, 5.41) is 0.